The number of hydrogen-bond donors (Lipinski definition) is 1. The Morgan fingerprint density at radius 3 is 2.67 bits per heavy atom. The Morgan fingerprint density at radius 1 is 1.24 bits per heavy atom. The molecule has 0 fully saturated rings. The third-order valence-electron chi connectivity index (χ3n) is 3.35. The molecule has 0 spiro atoms. The van der Waals surface area contributed by atoms with Crippen molar-refractivity contribution in [2.45, 2.75) is 0 Å². The number of pyridine rings is 1. The van der Waals surface area contributed by atoms with E-state index in [4.69, 9.17) is 0 Å². The van der Waals surface area contributed by atoms with Gasteiger partial charge in [-0.15, -0.1) is 0 Å². The van der Waals surface area contributed by atoms with Gasteiger partial charge in [0.15, 0.2) is 0 Å². The molecule has 0 saturated carbocycles. The van der Waals surface area contributed by atoms with E-state index in [0.717, 1.165) is 22.6 Å². The van der Waals surface area contributed by atoms with Gasteiger partial charge in [0.05, 0.1) is 18.4 Å². The molecule has 1 aromatic carbocycles. The molecule has 0 bridgehead atoms. The molecule has 0 aliphatic carbocycles. The normalized spacial score (nSPS) is 10.6. The van der Waals surface area contributed by atoms with Crippen molar-refractivity contribution >= 4 is 17.3 Å². The second-order valence-corrected chi connectivity index (χ2v) is 4.63. The number of carbonyl (C=O) groups is 1. The number of imidazole rings is 1. The van der Waals surface area contributed by atoms with E-state index < -0.39 is 0 Å². The predicted molar refractivity (Wildman–Crippen MR) is 81.5 cm³/mol. The first-order valence-corrected chi connectivity index (χ1v) is 6.56. The molecule has 0 saturated heterocycles. The summed E-state index contributed by atoms with van der Waals surface area (Å²) in [5.74, 6) is -0.338. The fourth-order valence-electron chi connectivity index (χ4n) is 2.17. The van der Waals surface area contributed by atoms with Crippen molar-refractivity contribution in [1.29, 1.82) is 0 Å². The molecule has 0 radical (unpaired) electrons. The summed E-state index contributed by atoms with van der Waals surface area (Å²) in [7, 11) is 3.25. The molecule has 0 aliphatic rings. The number of nitrogens with one attached hydrogen (secondary N) is 1. The summed E-state index contributed by atoms with van der Waals surface area (Å²) < 4.78 is 6.65. The van der Waals surface area contributed by atoms with E-state index in [9.17, 15) is 4.79 Å². The Hall–Kier alpha value is -2.82. The zero-order valence-corrected chi connectivity index (χ0v) is 11.8. The van der Waals surface area contributed by atoms with Crippen LogP contribution in [-0.2, 0) is 4.74 Å². The van der Waals surface area contributed by atoms with Gasteiger partial charge in [-0.2, -0.15) is 0 Å². The molecule has 1 N–H and O–H groups in total. The number of aromatic nitrogens is 2. The van der Waals surface area contributed by atoms with Crippen LogP contribution < -0.4 is 5.32 Å². The molecule has 2 heterocycles. The van der Waals surface area contributed by atoms with E-state index >= 15 is 0 Å². The number of methoxy groups -OCH3 is 1. The minimum absolute atomic E-state index is 0.338. The van der Waals surface area contributed by atoms with Crippen molar-refractivity contribution < 1.29 is 9.53 Å². The van der Waals surface area contributed by atoms with E-state index in [0.29, 0.717) is 5.56 Å². The van der Waals surface area contributed by atoms with Crippen molar-refractivity contribution in [3.05, 3.63) is 54.4 Å². The number of hydrogen-bond acceptors (Lipinski definition) is 4. The number of benzene rings is 1. The van der Waals surface area contributed by atoms with Crippen LogP contribution in [0.5, 0.6) is 0 Å². The number of ether oxygens (including phenoxy) is 1. The fourth-order valence-corrected chi connectivity index (χ4v) is 2.17. The lowest BCUT2D eigenvalue weighted by Gasteiger charge is -2.00. The standard InChI is InChI=1S/C16H15N3O2/c1-17-13-7-8-19-10-14(18-15(19)9-13)11-3-5-12(6-4-11)16(20)21-2/h3-10,17H,1-2H3. The second-order valence-electron chi connectivity index (χ2n) is 4.63. The van der Waals surface area contributed by atoms with Gasteiger partial charge in [-0.3, -0.25) is 0 Å². The van der Waals surface area contributed by atoms with Crippen molar-refractivity contribution in [1.82, 2.24) is 9.38 Å². The number of fused-ring (bicyclic) bond motifs is 1. The summed E-state index contributed by atoms with van der Waals surface area (Å²) >= 11 is 0. The third-order valence-corrected chi connectivity index (χ3v) is 3.35. The highest BCUT2D eigenvalue weighted by molar-refractivity contribution is 5.89. The van der Waals surface area contributed by atoms with Crippen LogP contribution in [0.3, 0.4) is 0 Å². The van der Waals surface area contributed by atoms with E-state index in [1.807, 2.05) is 48.1 Å². The lowest BCUT2D eigenvalue weighted by Crippen LogP contribution is -2.00. The fraction of sp³-hybridized carbons (Fsp3) is 0.125. The second kappa shape index (κ2) is 5.28. The molecule has 0 aliphatic heterocycles. The van der Waals surface area contributed by atoms with Gasteiger partial charge < -0.3 is 14.5 Å². The molecule has 3 rings (SSSR count). The summed E-state index contributed by atoms with van der Waals surface area (Å²) in [6, 6.07) is 11.2. The van der Waals surface area contributed by atoms with Crippen LogP contribution in [-0.4, -0.2) is 29.5 Å². The van der Waals surface area contributed by atoms with Crippen LogP contribution in [0.1, 0.15) is 10.4 Å². The van der Waals surface area contributed by atoms with E-state index in [-0.39, 0.29) is 5.97 Å². The van der Waals surface area contributed by atoms with Gasteiger partial charge >= 0.3 is 5.97 Å². The van der Waals surface area contributed by atoms with Gasteiger partial charge in [0.1, 0.15) is 5.65 Å². The highest BCUT2D eigenvalue weighted by Crippen LogP contribution is 2.21. The molecule has 2 aromatic heterocycles. The van der Waals surface area contributed by atoms with Gasteiger partial charge in [-0.1, -0.05) is 12.1 Å². The van der Waals surface area contributed by atoms with Gasteiger partial charge in [0.25, 0.3) is 0 Å². The minimum atomic E-state index is -0.338. The highest BCUT2D eigenvalue weighted by Gasteiger charge is 2.08. The Bertz CT molecular complexity index is 791. The SMILES string of the molecule is CNc1ccn2cc(-c3ccc(C(=O)OC)cc3)nc2c1. The molecule has 5 nitrogen and oxygen atoms in total. The molecule has 21 heavy (non-hydrogen) atoms. The molecule has 106 valence electrons. The molecule has 5 heteroatoms. The summed E-state index contributed by atoms with van der Waals surface area (Å²) in [5, 5.41) is 3.09. The van der Waals surface area contributed by atoms with Crippen molar-refractivity contribution in [3.63, 3.8) is 0 Å². The monoisotopic (exact) mass is 281 g/mol. The zero-order valence-electron chi connectivity index (χ0n) is 11.8. The van der Waals surface area contributed by atoms with Gasteiger partial charge in [0, 0.05) is 36.8 Å². The average molecular weight is 281 g/mol. The van der Waals surface area contributed by atoms with Crippen LogP contribution in [0.15, 0.2) is 48.8 Å². The number of esters is 1. The smallest absolute Gasteiger partial charge is 0.337 e. The lowest BCUT2D eigenvalue weighted by atomic mass is 10.1. The maximum atomic E-state index is 11.4. The van der Waals surface area contributed by atoms with Gasteiger partial charge in [0.2, 0.25) is 0 Å². The Morgan fingerprint density at radius 2 is 2.00 bits per heavy atom. The lowest BCUT2D eigenvalue weighted by molar-refractivity contribution is 0.0601. The predicted octanol–water partition coefficient (Wildman–Crippen LogP) is 2.83. The van der Waals surface area contributed by atoms with Crippen LogP contribution >= 0.6 is 0 Å². The quantitative estimate of drug-likeness (QED) is 0.750. The number of carbonyl (C=O) groups excluding carboxylic acids is 1. The van der Waals surface area contributed by atoms with Crippen molar-refractivity contribution in [3.8, 4) is 11.3 Å². The summed E-state index contributed by atoms with van der Waals surface area (Å²) in [5.41, 5.74) is 4.23. The van der Waals surface area contributed by atoms with E-state index in [1.54, 1.807) is 12.1 Å². The molecule has 0 amide bonds. The summed E-state index contributed by atoms with van der Waals surface area (Å²) in [6.45, 7) is 0. The van der Waals surface area contributed by atoms with E-state index in [2.05, 4.69) is 15.0 Å². The summed E-state index contributed by atoms with van der Waals surface area (Å²) in [4.78, 5) is 16.0. The van der Waals surface area contributed by atoms with Gasteiger partial charge in [-0.05, 0) is 18.2 Å². The molecule has 0 atom stereocenters. The third kappa shape index (κ3) is 2.45. The first-order chi connectivity index (χ1) is 10.2. The minimum Gasteiger partial charge on any atom is -0.465 e. The van der Waals surface area contributed by atoms with Crippen LogP contribution in [0.25, 0.3) is 16.9 Å². The highest BCUT2D eigenvalue weighted by atomic mass is 16.5. The van der Waals surface area contributed by atoms with Crippen molar-refractivity contribution in [2.75, 3.05) is 19.5 Å². The maximum Gasteiger partial charge on any atom is 0.337 e. The van der Waals surface area contributed by atoms with E-state index in [1.165, 1.54) is 7.11 Å². The molecular formula is C16H15N3O2. The van der Waals surface area contributed by atoms with Gasteiger partial charge in [-0.25, -0.2) is 9.78 Å². The molecule has 0 unspecified atom stereocenters. The first-order valence-electron chi connectivity index (χ1n) is 6.56. The van der Waals surface area contributed by atoms with Crippen LogP contribution in [0.2, 0.25) is 0 Å². The Labute approximate surface area is 122 Å². The average Bonchev–Trinajstić information content (AvgIpc) is 2.97. The number of rotatable bonds is 3. The number of anilines is 1. The topological polar surface area (TPSA) is 55.6 Å². The largest absolute Gasteiger partial charge is 0.465 e. The maximum absolute atomic E-state index is 11.4. The Kier molecular flexibility index (Phi) is 3.31. The van der Waals surface area contributed by atoms with Crippen molar-refractivity contribution in [2.24, 2.45) is 0 Å². The summed E-state index contributed by atoms with van der Waals surface area (Å²) in [6.07, 6.45) is 3.92. The van der Waals surface area contributed by atoms with Crippen LogP contribution in [0, 0.1) is 0 Å². The van der Waals surface area contributed by atoms with Crippen LogP contribution in [0.4, 0.5) is 5.69 Å². The Balaban J connectivity index is 1.98. The molecule has 3 aromatic rings. The molecular weight excluding hydrogens is 266 g/mol. The zero-order chi connectivity index (χ0) is 14.8. The first kappa shape index (κ1) is 13.2. The number of nitrogens with zero attached hydrogens (tertiary/aromatic N) is 2.